The molecule has 150 valence electrons. The van der Waals surface area contributed by atoms with Gasteiger partial charge in [0.1, 0.15) is 5.01 Å². The van der Waals surface area contributed by atoms with Gasteiger partial charge in [-0.1, -0.05) is 32.5 Å². The Hall–Kier alpha value is -2.26. The van der Waals surface area contributed by atoms with E-state index in [1.54, 1.807) is 23.1 Å². The average Bonchev–Trinajstić information content (AvgIpc) is 3.27. The highest BCUT2D eigenvalue weighted by molar-refractivity contribution is 7.98. The summed E-state index contributed by atoms with van der Waals surface area (Å²) in [6.45, 7) is 8.73. The Kier molecular flexibility index (Phi) is 6.14. The Morgan fingerprint density at radius 2 is 2.00 bits per heavy atom. The molecule has 0 fully saturated rings. The Morgan fingerprint density at radius 1 is 1.21 bits per heavy atom. The number of hydrogen-bond acceptors (Lipinski definition) is 8. The molecule has 9 heteroatoms. The molecule has 0 aliphatic rings. The lowest BCUT2D eigenvalue weighted by Gasteiger charge is -2.16. The summed E-state index contributed by atoms with van der Waals surface area (Å²) in [6.07, 6.45) is 0. The lowest BCUT2D eigenvalue weighted by molar-refractivity contribution is 0.311. The van der Waals surface area contributed by atoms with Crippen LogP contribution in [0.1, 0.15) is 39.2 Å². The molecule has 3 rings (SSSR count). The monoisotopic (exact) mass is 419 g/mol. The maximum absolute atomic E-state index is 6.15. The zero-order valence-electron chi connectivity index (χ0n) is 16.7. The van der Waals surface area contributed by atoms with Gasteiger partial charge in [0.05, 0.1) is 19.4 Å². The second kappa shape index (κ2) is 8.40. The first kappa shape index (κ1) is 20.5. The minimum Gasteiger partial charge on any atom is -0.493 e. The van der Waals surface area contributed by atoms with Gasteiger partial charge >= 0.3 is 0 Å². The molecule has 2 heterocycles. The van der Waals surface area contributed by atoms with Gasteiger partial charge in [-0.15, -0.1) is 21.5 Å². The van der Waals surface area contributed by atoms with Crippen LogP contribution in [-0.4, -0.2) is 33.6 Å². The number of rotatable bonds is 7. The first-order valence-electron chi connectivity index (χ1n) is 8.93. The summed E-state index contributed by atoms with van der Waals surface area (Å²) in [5.41, 5.74) is 1.82. The Morgan fingerprint density at radius 3 is 2.64 bits per heavy atom. The molecule has 0 spiro atoms. The van der Waals surface area contributed by atoms with Crippen molar-refractivity contribution in [2.75, 3.05) is 19.6 Å². The molecule has 2 N–H and O–H groups in total. The van der Waals surface area contributed by atoms with Gasteiger partial charge in [-0.05, 0) is 25.1 Å². The second-order valence-electron chi connectivity index (χ2n) is 7.16. The quantitative estimate of drug-likeness (QED) is 0.455. The van der Waals surface area contributed by atoms with E-state index in [0.29, 0.717) is 23.3 Å². The number of thiazole rings is 1. The molecule has 1 aromatic carbocycles. The summed E-state index contributed by atoms with van der Waals surface area (Å²) >= 11 is 3.12. The molecule has 0 amide bonds. The third kappa shape index (κ3) is 4.41. The van der Waals surface area contributed by atoms with Gasteiger partial charge in [0.25, 0.3) is 0 Å². The highest BCUT2D eigenvalue weighted by Gasteiger charge is 2.23. The van der Waals surface area contributed by atoms with Crippen LogP contribution in [0.5, 0.6) is 11.5 Å². The zero-order chi connectivity index (χ0) is 20.3. The van der Waals surface area contributed by atoms with E-state index < -0.39 is 0 Å². The van der Waals surface area contributed by atoms with Crippen LogP contribution in [0.3, 0.4) is 0 Å². The normalized spacial score (nSPS) is 11.6. The number of methoxy groups -OCH3 is 1. The van der Waals surface area contributed by atoms with E-state index in [2.05, 4.69) is 31.0 Å². The fourth-order valence-corrected chi connectivity index (χ4v) is 4.28. The molecule has 28 heavy (non-hydrogen) atoms. The van der Waals surface area contributed by atoms with E-state index in [4.69, 9.17) is 20.3 Å². The molecule has 3 aromatic rings. The summed E-state index contributed by atoms with van der Waals surface area (Å²) in [4.78, 5) is 4.73. The summed E-state index contributed by atoms with van der Waals surface area (Å²) in [5, 5.41) is 12.1. The van der Waals surface area contributed by atoms with E-state index in [0.717, 1.165) is 27.8 Å². The van der Waals surface area contributed by atoms with Crippen LogP contribution < -0.4 is 15.3 Å². The first-order chi connectivity index (χ1) is 13.3. The van der Waals surface area contributed by atoms with E-state index in [1.807, 2.05) is 30.5 Å². The molecule has 0 radical (unpaired) electrons. The molecule has 7 nitrogen and oxygen atoms in total. The Labute approximate surface area is 173 Å². The highest BCUT2D eigenvalue weighted by Crippen LogP contribution is 2.34. The SMILES string of the molecule is CCOc1ccc(-c2nc(CSc3nnc(C(C)(C)C)n3N)cs2)cc1OC. The summed E-state index contributed by atoms with van der Waals surface area (Å²) in [6, 6.07) is 5.86. The molecule has 0 aliphatic carbocycles. The summed E-state index contributed by atoms with van der Waals surface area (Å²) in [5.74, 6) is 9.02. The maximum Gasteiger partial charge on any atom is 0.210 e. The van der Waals surface area contributed by atoms with Gasteiger partial charge in [-0.3, -0.25) is 0 Å². The van der Waals surface area contributed by atoms with Crippen molar-refractivity contribution in [3.8, 4) is 22.1 Å². The molecule has 0 saturated heterocycles. The summed E-state index contributed by atoms with van der Waals surface area (Å²) < 4.78 is 12.6. The molecular formula is C19H25N5O2S2. The lowest BCUT2D eigenvalue weighted by Crippen LogP contribution is -2.24. The van der Waals surface area contributed by atoms with Crippen molar-refractivity contribution in [3.63, 3.8) is 0 Å². The predicted molar refractivity (Wildman–Crippen MR) is 114 cm³/mol. The average molecular weight is 420 g/mol. The van der Waals surface area contributed by atoms with E-state index in [9.17, 15) is 0 Å². The lowest BCUT2D eigenvalue weighted by atomic mass is 9.96. The molecule has 0 bridgehead atoms. The van der Waals surface area contributed by atoms with Crippen molar-refractivity contribution in [2.45, 2.75) is 44.0 Å². The van der Waals surface area contributed by atoms with Gasteiger partial charge < -0.3 is 15.3 Å². The molecule has 0 unspecified atom stereocenters. The highest BCUT2D eigenvalue weighted by atomic mass is 32.2. The molecule has 2 aromatic heterocycles. The van der Waals surface area contributed by atoms with Crippen LogP contribution in [0.15, 0.2) is 28.7 Å². The number of aromatic nitrogens is 4. The van der Waals surface area contributed by atoms with Gasteiger partial charge in [-0.2, -0.15) is 0 Å². The largest absolute Gasteiger partial charge is 0.493 e. The van der Waals surface area contributed by atoms with E-state index in [1.165, 1.54) is 11.8 Å². The van der Waals surface area contributed by atoms with Crippen molar-refractivity contribution in [3.05, 3.63) is 35.1 Å². The maximum atomic E-state index is 6.15. The minimum atomic E-state index is -0.152. The van der Waals surface area contributed by atoms with E-state index >= 15 is 0 Å². The number of nitrogens with two attached hydrogens (primary N) is 1. The minimum absolute atomic E-state index is 0.152. The number of ether oxygens (including phenoxy) is 2. The van der Waals surface area contributed by atoms with Crippen LogP contribution in [-0.2, 0) is 11.2 Å². The summed E-state index contributed by atoms with van der Waals surface area (Å²) in [7, 11) is 1.64. The van der Waals surface area contributed by atoms with Crippen LogP contribution in [0, 0.1) is 0 Å². The Bertz CT molecular complexity index is 946. The van der Waals surface area contributed by atoms with Crippen molar-refractivity contribution in [1.82, 2.24) is 19.9 Å². The molecule has 0 saturated carbocycles. The fourth-order valence-electron chi connectivity index (χ4n) is 2.61. The van der Waals surface area contributed by atoms with Crippen LogP contribution in [0.25, 0.3) is 10.6 Å². The van der Waals surface area contributed by atoms with Crippen LogP contribution in [0.4, 0.5) is 0 Å². The van der Waals surface area contributed by atoms with Gasteiger partial charge in [0.2, 0.25) is 5.16 Å². The van der Waals surface area contributed by atoms with Gasteiger partial charge in [0.15, 0.2) is 17.3 Å². The van der Waals surface area contributed by atoms with Crippen LogP contribution in [0.2, 0.25) is 0 Å². The third-order valence-electron chi connectivity index (χ3n) is 3.95. The number of nitrogens with zero attached hydrogens (tertiary/aromatic N) is 4. The van der Waals surface area contributed by atoms with Gasteiger partial charge in [0, 0.05) is 22.1 Å². The Balaban J connectivity index is 1.72. The molecule has 0 atom stereocenters. The van der Waals surface area contributed by atoms with Gasteiger partial charge in [-0.25, -0.2) is 9.66 Å². The third-order valence-corrected chi connectivity index (χ3v) is 5.86. The van der Waals surface area contributed by atoms with Crippen LogP contribution >= 0.6 is 23.1 Å². The number of thioether (sulfide) groups is 1. The number of benzene rings is 1. The fraction of sp³-hybridized carbons (Fsp3) is 0.421. The number of hydrogen-bond donors (Lipinski definition) is 1. The van der Waals surface area contributed by atoms with Crippen molar-refractivity contribution >= 4 is 23.1 Å². The first-order valence-corrected chi connectivity index (χ1v) is 10.8. The standard InChI is InChI=1S/C19H25N5O2S2/c1-6-26-14-8-7-12(9-15(14)25-5)16-21-13(10-27-16)11-28-18-23-22-17(24(18)20)19(2,3)4/h7-10H,6,11,20H2,1-5H3. The topological polar surface area (TPSA) is 88.1 Å². The predicted octanol–water partition coefficient (Wildman–Crippen LogP) is 4.11. The van der Waals surface area contributed by atoms with Crippen molar-refractivity contribution in [1.29, 1.82) is 0 Å². The molecule has 0 aliphatic heterocycles. The van der Waals surface area contributed by atoms with E-state index in [-0.39, 0.29) is 5.41 Å². The second-order valence-corrected chi connectivity index (χ2v) is 8.96. The van der Waals surface area contributed by atoms with Crippen molar-refractivity contribution < 1.29 is 9.47 Å². The number of nitrogen functional groups attached to an aromatic ring is 1. The smallest absolute Gasteiger partial charge is 0.210 e. The molecular weight excluding hydrogens is 394 g/mol. The zero-order valence-corrected chi connectivity index (χ0v) is 18.4. The van der Waals surface area contributed by atoms with Crippen molar-refractivity contribution in [2.24, 2.45) is 0 Å².